The van der Waals surface area contributed by atoms with Crippen LogP contribution < -0.4 is 11.1 Å². The largest absolute Gasteiger partial charge is 0.386 e. The topological polar surface area (TPSA) is 102 Å². The molecule has 6 heteroatoms. The second-order valence-electron chi connectivity index (χ2n) is 7.44. The van der Waals surface area contributed by atoms with Crippen LogP contribution in [0.5, 0.6) is 0 Å². The summed E-state index contributed by atoms with van der Waals surface area (Å²) < 4.78 is 0. The Hall–Kier alpha value is -3.28. The lowest BCUT2D eigenvalue weighted by molar-refractivity contribution is -0.136. The lowest BCUT2D eigenvalue weighted by atomic mass is 9.51. The molecule has 4 rings (SSSR count). The number of hydrogen-bond donors (Lipinski definition) is 2. The molecule has 1 spiro atoms. The second kappa shape index (κ2) is 6.71. The van der Waals surface area contributed by atoms with E-state index in [9.17, 15) is 14.4 Å². The zero-order chi connectivity index (χ0) is 19.9. The molecule has 1 aliphatic carbocycles. The van der Waals surface area contributed by atoms with Crippen molar-refractivity contribution in [3.8, 4) is 0 Å². The third-order valence-electron chi connectivity index (χ3n) is 6.06. The van der Waals surface area contributed by atoms with Gasteiger partial charge in [0.15, 0.2) is 0 Å². The summed E-state index contributed by atoms with van der Waals surface area (Å²) in [6.07, 6.45) is 0.159. The molecule has 142 valence electrons. The maximum absolute atomic E-state index is 13.4. The van der Waals surface area contributed by atoms with Crippen LogP contribution in [0.4, 0.5) is 4.79 Å². The van der Waals surface area contributed by atoms with E-state index in [1.165, 1.54) is 0 Å². The van der Waals surface area contributed by atoms with Crippen molar-refractivity contribution in [2.24, 2.45) is 22.1 Å². The van der Waals surface area contributed by atoms with Crippen LogP contribution >= 0.6 is 0 Å². The number of hydrogen-bond acceptors (Lipinski definition) is 4. The van der Waals surface area contributed by atoms with E-state index in [4.69, 9.17) is 5.73 Å². The summed E-state index contributed by atoms with van der Waals surface area (Å²) in [5, 5.41) is 2.35. The van der Waals surface area contributed by atoms with Gasteiger partial charge in [-0.2, -0.15) is 4.99 Å². The molecule has 0 radical (unpaired) electrons. The Bertz CT molecular complexity index is 971. The Balaban J connectivity index is 2.02. The average Bonchev–Trinajstić information content (AvgIpc) is 2.69. The van der Waals surface area contributed by atoms with Crippen molar-refractivity contribution in [3.63, 3.8) is 0 Å². The zero-order valence-corrected chi connectivity index (χ0v) is 15.5. The zero-order valence-electron chi connectivity index (χ0n) is 15.5. The van der Waals surface area contributed by atoms with Gasteiger partial charge in [-0.3, -0.25) is 14.9 Å². The first kappa shape index (κ1) is 18.1. The number of benzene rings is 2. The molecule has 2 aliphatic rings. The van der Waals surface area contributed by atoms with Crippen LogP contribution in [0.1, 0.15) is 36.3 Å². The quantitative estimate of drug-likeness (QED) is 0.842. The molecule has 6 nitrogen and oxygen atoms in total. The minimum absolute atomic E-state index is 0.0247. The standard InChI is InChI=1S/C22H21N3O3/c1-13-17(26)12-16(14-8-4-2-5-9-14)22(18(13)15-10-6-3-7-11-15)19(23)24-21(28)25-20(22)27/h2-11,13,16,18H,12H2,1H3,(H3,23,24,25,27,28)/t13-,16+,18-,22?/m0/s1. The number of Topliss-reactive ketones (excluding diaryl/α,β-unsaturated/α-hetero) is 1. The third kappa shape index (κ3) is 2.56. The Labute approximate surface area is 162 Å². The van der Waals surface area contributed by atoms with Crippen molar-refractivity contribution < 1.29 is 14.4 Å². The highest BCUT2D eigenvalue weighted by Crippen LogP contribution is 2.57. The number of rotatable bonds is 2. The summed E-state index contributed by atoms with van der Waals surface area (Å²) >= 11 is 0. The van der Waals surface area contributed by atoms with Crippen LogP contribution in [-0.2, 0) is 9.59 Å². The van der Waals surface area contributed by atoms with E-state index >= 15 is 0 Å². The Morgan fingerprint density at radius 3 is 2.11 bits per heavy atom. The SMILES string of the molecule is C[C@H]1C(=O)C[C@H](c2ccccc2)C2(C(=O)NC(=O)N=C2N)[C@@H]1c1ccccc1. The number of aliphatic imine (C=N–C) groups is 1. The fraction of sp³-hybridized carbons (Fsp3) is 0.273. The molecule has 1 saturated carbocycles. The molecule has 1 unspecified atom stereocenters. The van der Waals surface area contributed by atoms with E-state index < -0.39 is 35.1 Å². The monoisotopic (exact) mass is 375 g/mol. The van der Waals surface area contributed by atoms with E-state index in [1.54, 1.807) is 0 Å². The molecular formula is C22H21N3O3. The number of imide groups is 1. The fourth-order valence-electron chi connectivity index (χ4n) is 4.81. The summed E-state index contributed by atoms with van der Waals surface area (Å²) in [6.45, 7) is 1.82. The van der Waals surface area contributed by atoms with E-state index in [2.05, 4.69) is 10.3 Å². The number of ketones is 1. The smallest absolute Gasteiger partial charge is 0.349 e. The molecule has 2 aromatic rings. The van der Waals surface area contributed by atoms with Crippen molar-refractivity contribution >= 4 is 23.6 Å². The summed E-state index contributed by atoms with van der Waals surface area (Å²) in [4.78, 5) is 42.2. The number of nitrogens with zero attached hydrogens (tertiary/aromatic N) is 1. The number of amides is 3. The maximum atomic E-state index is 13.4. The number of amidine groups is 1. The van der Waals surface area contributed by atoms with Gasteiger partial charge < -0.3 is 5.73 Å². The van der Waals surface area contributed by atoms with Gasteiger partial charge in [0.05, 0.1) is 0 Å². The highest BCUT2D eigenvalue weighted by Gasteiger charge is 2.62. The molecular weight excluding hydrogens is 354 g/mol. The highest BCUT2D eigenvalue weighted by molar-refractivity contribution is 6.20. The third-order valence-corrected chi connectivity index (χ3v) is 6.06. The average molecular weight is 375 g/mol. The van der Waals surface area contributed by atoms with Crippen LogP contribution in [0.25, 0.3) is 0 Å². The molecule has 3 amide bonds. The minimum Gasteiger partial charge on any atom is -0.386 e. The maximum Gasteiger partial charge on any atom is 0.349 e. The van der Waals surface area contributed by atoms with Gasteiger partial charge in [-0.25, -0.2) is 4.79 Å². The normalized spacial score (nSPS) is 30.1. The molecule has 1 fully saturated rings. The van der Waals surface area contributed by atoms with E-state index in [-0.39, 0.29) is 18.0 Å². The molecule has 1 heterocycles. The van der Waals surface area contributed by atoms with E-state index in [1.807, 2.05) is 67.6 Å². The van der Waals surface area contributed by atoms with Crippen LogP contribution in [0, 0.1) is 11.3 Å². The number of urea groups is 1. The highest BCUT2D eigenvalue weighted by atomic mass is 16.2. The van der Waals surface area contributed by atoms with Gasteiger partial charge in [0.2, 0.25) is 5.91 Å². The first-order valence-electron chi connectivity index (χ1n) is 9.29. The summed E-state index contributed by atoms with van der Waals surface area (Å²) in [6, 6.07) is 18.0. The molecule has 0 bridgehead atoms. The Morgan fingerprint density at radius 1 is 0.964 bits per heavy atom. The van der Waals surface area contributed by atoms with Crippen molar-refractivity contribution in [2.75, 3.05) is 0 Å². The number of carbonyl (C=O) groups is 3. The number of carbonyl (C=O) groups excluding carboxylic acids is 3. The molecule has 2 aromatic carbocycles. The predicted molar refractivity (Wildman–Crippen MR) is 105 cm³/mol. The summed E-state index contributed by atoms with van der Waals surface area (Å²) in [7, 11) is 0. The van der Waals surface area contributed by atoms with Gasteiger partial charge >= 0.3 is 6.03 Å². The minimum atomic E-state index is -1.32. The lowest BCUT2D eigenvalue weighted by Crippen LogP contribution is -2.64. The van der Waals surface area contributed by atoms with Gasteiger partial charge in [0, 0.05) is 24.2 Å². The fourth-order valence-corrected chi connectivity index (χ4v) is 4.81. The Morgan fingerprint density at radius 2 is 1.54 bits per heavy atom. The van der Waals surface area contributed by atoms with E-state index in [0.717, 1.165) is 11.1 Å². The van der Waals surface area contributed by atoms with Gasteiger partial charge in [0.25, 0.3) is 0 Å². The predicted octanol–water partition coefficient (Wildman–Crippen LogP) is 2.76. The van der Waals surface area contributed by atoms with Crippen LogP contribution in [-0.4, -0.2) is 23.6 Å². The van der Waals surface area contributed by atoms with Crippen molar-refractivity contribution in [1.82, 2.24) is 5.32 Å². The first-order chi connectivity index (χ1) is 13.5. The van der Waals surface area contributed by atoms with Crippen LogP contribution in [0.15, 0.2) is 65.7 Å². The van der Waals surface area contributed by atoms with Gasteiger partial charge in [-0.15, -0.1) is 0 Å². The molecule has 4 atom stereocenters. The van der Waals surface area contributed by atoms with Gasteiger partial charge in [0.1, 0.15) is 17.0 Å². The van der Waals surface area contributed by atoms with E-state index in [0.29, 0.717) is 0 Å². The summed E-state index contributed by atoms with van der Waals surface area (Å²) in [5.41, 5.74) is 6.68. The van der Waals surface area contributed by atoms with Crippen LogP contribution in [0.3, 0.4) is 0 Å². The lowest BCUT2D eigenvalue weighted by Gasteiger charge is -2.50. The van der Waals surface area contributed by atoms with Crippen LogP contribution in [0.2, 0.25) is 0 Å². The molecule has 0 aromatic heterocycles. The summed E-state index contributed by atoms with van der Waals surface area (Å²) in [5.74, 6) is -1.95. The van der Waals surface area contributed by atoms with Crippen molar-refractivity contribution in [2.45, 2.75) is 25.2 Å². The number of nitrogens with two attached hydrogens (primary N) is 1. The Kier molecular flexibility index (Phi) is 4.34. The molecule has 3 N–H and O–H groups in total. The van der Waals surface area contributed by atoms with Gasteiger partial charge in [-0.1, -0.05) is 67.6 Å². The molecule has 0 saturated heterocycles. The first-order valence-corrected chi connectivity index (χ1v) is 9.29. The number of nitrogens with one attached hydrogen (secondary N) is 1. The second-order valence-corrected chi connectivity index (χ2v) is 7.44. The van der Waals surface area contributed by atoms with Crippen molar-refractivity contribution in [3.05, 3.63) is 71.8 Å². The van der Waals surface area contributed by atoms with Gasteiger partial charge in [-0.05, 0) is 11.1 Å². The molecule has 28 heavy (non-hydrogen) atoms. The van der Waals surface area contributed by atoms with Crippen molar-refractivity contribution in [1.29, 1.82) is 0 Å². The molecule has 1 aliphatic heterocycles.